The maximum atomic E-state index is 12.3. The number of carbonyl (C=O) groups is 2. The van der Waals surface area contributed by atoms with Gasteiger partial charge in [0.1, 0.15) is 5.76 Å². The van der Waals surface area contributed by atoms with Crippen molar-refractivity contribution >= 4 is 11.8 Å². The molecule has 1 heterocycles. The molecule has 1 aliphatic carbocycles. The average Bonchev–Trinajstić information content (AvgIpc) is 3.22. The molecule has 1 saturated carbocycles. The molecule has 0 aromatic carbocycles. The zero-order valence-electron chi connectivity index (χ0n) is 14.4. The molecule has 6 heteroatoms. The highest BCUT2D eigenvalue weighted by Crippen LogP contribution is 2.40. The second kappa shape index (κ2) is 7.15. The van der Waals surface area contributed by atoms with Crippen LogP contribution in [0.5, 0.6) is 0 Å². The lowest BCUT2D eigenvalue weighted by molar-refractivity contribution is -0.121. The van der Waals surface area contributed by atoms with Crippen molar-refractivity contribution in [2.24, 2.45) is 5.41 Å². The Labute approximate surface area is 137 Å². The fraction of sp³-hybridized carbons (Fsp3) is 0.706. The van der Waals surface area contributed by atoms with Gasteiger partial charge in [-0.05, 0) is 26.2 Å². The van der Waals surface area contributed by atoms with Crippen molar-refractivity contribution in [3.63, 3.8) is 0 Å². The SMILES string of the molecule is CCCC(=O)NCC(C)(C)C(C)NC(=O)c1cc(C2CC2)on1. The fourth-order valence-corrected chi connectivity index (χ4v) is 2.22. The zero-order chi connectivity index (χ0) is 17.0. The molecule has 1 unspecified atom stereocenters. The molecule has 1 aliphatic rings. The molecule has 2 N–H and O–H groups in total. The number of rotatable bonds is 8. The Kier molecular flexibility index (Phi) is 5.44. The molecule has 128 valence electrons. The lowest BCUT2D eigenvalue weighted by Crippen LogP contribution is -2.48. The van der Waals surface area contributed by atoms with Gasteiger partial charge in [-0.15, -0.1) is 0 Å². The van der Waals surface area contributed by atoms with Crippen LogP contribution in [0.15, 0.2) is 10.6 Å². The van der Waals surface area contributed by atoms with E-state index >= 15 is 0 Å². The normalized spacial score (nSPS) is 16.0. The third-order valence-corrected chi connectivity index (χ3v) is 4.48. The van der Waals surface area contributed by atoms with Gasteiger partial charge in [-0.25, -0.2) is 0 Å². The van der Waals surface area contributed by atoms with E-state index in [1.807, 2.05) is 27.7 Å². The summed E-state index contributed by atoms with van der Waals surface area (Å²) in [7, 11) is 0. The molecule has 0 saturated heterocycles. The van der Waals surface area contributed by atoms with Crippen LogP contribution in [0.4, 0.5) is 0 Å². The first-order valence-corrected chi connectivity index (χ1v) is 8.37. The average molecular weight is 321 g/mol. The third kappa shape index (κ3) is 4.81. The molecular weight excluding hydrogens is 294 g/mol. The summed E-state index contributed by atoms with van der Waals surface area (Å²) in [6.45, 7) is 8.46. The van der Waals surface area contributed by atoms with Crippen LogP contribution in [0, 0.1) is 5.41 Å². The highest BCUT2D eigenvalue weighted by molar-refractivity contribution is 5.92. The summed E-state index contributed by atoms with van der Waals surface area (Å²) in [4.78, 5) is 23.9. The molecule has 23 heavy (non-hydrogen) atoms. The summed E-state index contributed by atoms with van der Waals surface area (Å²) < 4.78 is 5.21. The number of hydrogen-bond acceptors (Lipinski definition) is 4. The molecule has 0 radical (unpaired) electrons. The van der Waals surface area contributed by atoms with Crippen molar-refractivity contribution in [1.29, 1.82) is 0 Å². The van der Waals surface area contributed by atoms with Gasteiger partial charge in [0.2, 0.25) is 5.91 Å². The molecule has 2 rings (SSSR count). The first-order chi connectivity index (χ1) is 10.8. The minimum atomic E-state index is -0.262. The van der Waals surface area contributed by atoms with Crippen molar-refractivity contribution < 1.29 is 14.1 Å². The van der Waals surface area contributed by atoms with Crippen LogP contribution in [0.25, 0.3) is 0 Å². The van der Waals surface area contributed by atoms with Crippen molar-refractivity contribution in [3.05, 3.63) is 17.5 Å². The monoisotopic (exact) mass is 321 g/mol. The van der Waals surface area contributed by atoms with Crippen molar-refractivity contribution in [2.45, 2.75) is 65.3 Å². The fourth-order valence-electron chi connectivity index (χ4n) is 2.22. The molecule has 0 aliphatic heterocycles. The predicted octanol–water partition coefficient (Wildman–Crippen LogP) is 2.61. The van der Waals surface area contributed by atoms with E-state index in [-0.39, 0.29) is 23.3 Å². The Hall–Kier alpha value is -1.85. The highest BCUT2D eigenvalue weighted by Gasteiger charge is 2.31. The van der Waals surface area contributed by atoms with Gasteiger partial charge >= 0.3 is 0 Å². The number of carbonyl (C=O) groups excluding carboxylic acids is 2. The summed E-state index contributed by atoms with van der Waals surface area (Å²) in [5, 5.41) is 9.73. The van der Waals surface area contributed by atoms with E-state index < -0.39 is 0 Å². The van der Waals surface area contributed by atoms with Crippen LogP contribution in [0.3, 0.4) is 0 Å². The number of amides is 2. The highest BCUT2D eigenvalue weighted by atomic mass is 16.5. The summed E-state index contributed by atoms with van der Waals surface area (Å²) in [5.41, 5.74) is 0.0619. The topological polar surface area (TPSA) is 84.2 Å². The molecule has 1 atom stereocenters. The third-order valence-electron chi connectivity index (χ3n) is 4.48. The predicted molar refractivity (Wildman–Crippen MR) is 87.1 cm³/mol. The van der Waals surface area contributed by atoms with Gasteiger partial charge in [-0.2, -0.15) is 0 Å². The van der Waals surface area contributed by atoms with Crippen LogP contribution in [0.2, 0.25) is 0 Å². The summed E-state index contributed by atoms with van der Waals surface area (Å²) >= 11 is 0. The number of aromatic nitrogens is 1. The maximum absolute atomic E-state index is 12.3. The quantitative estimate of drug-likeness (QED) is 0.771. The molecule has 2 amide bonds. The lowest BCUT2D eigenvalue weighted by Gasteiger charge is -2.32. The van der Waals surface area contributed by atoms with Gasteiger partial charge in [0.25, 0.3) is 5.91 Å². The van der Waals surface area contributed by atoms with E-state index in [2.05, 4.69) is 15.8 Å². The van der Waals surface area contributed by atoms with Crippen molar-refractivity contribution in [2.75, 3.05) is 6.54 Å². The lowest BCUT2D eigenvalue weighted by atomic mass is 9.85. The van der Waals surface area contributed by atoms with E-state index in [0.29, 0.717) is 24.6 Å². The number of hydrogen-bond donors (Lipinski definition) is 2. The van der Waals surface area contributed by atoms with E-state index in [0.717, 1.165) is 25.0 Å². The molecule has 1 aromatic rings. The molecule has 0 bridgehead atoms. The minimum absolute atomic E-state index is 0.0460. The molecule has 1 aromatic heterocycles. The Bertz CT molecular complexity index is 561. The van der Waals surface area contributed by atoms with Crippen molar-refractivity contribution in [1.82, 2.24) is 15.8 Å². The Morgan fingerprint density at radius 2 is 2.13 bits per heavy atom. The smallest absolute Gasteiger partial charge is 0.273 e. The first-order valence-electron chi connectivity index (χ1n) is 8.37. The minimum Gasteiger partial charge on any atom is -0.360 e. The Morgan fingerprint density at radius 3 is 2.74 bits per heavy atom. The standard InChI is InChI=1S/C17H27N3O3/c1-5-6-15(21)18-10-17(3,4)11(2)19-16(22)13-9-14(23-20-13)12-7-8-12/h9,11-12H,5-8,10H2,1-4H3,(H,18,21)(H,19,22). The molecule has 1 fully saturated rings. The van der Waals surface area contributed by atoms with E-state index in [4.69, 9.17) is 4.52 Å². The number of nitrogens with zero attached hydrogens (tertiary/aromatic N) is 1. The Morgan fingerprint density at radius 1 is 1.43 bits per heavy atom. The summed E-state index contributed by atoms with van der Waals surface area (Å²) in [5.74, 6) is 1.05. The maximum Gasteiger partial charge on any atom is 0.273 e. The Balaban J connectivity index is 1.86. The van der Waals surface area contributed by atoms with Gasteiger partial charge in [0.15, 0.2) is 5.69 Å². The summed E-state index contributed by atoms with van der Waals surface area (Å²) in [6.07, 6.45) is 3.57. The second-order valence-corrected chi connectivity index (χ2v) is 7.10. The molecule has 0 spiro atoms. The van der Waals surface area contributed by atoms with Crippen LogP contribution in [-0.2, 0) is 4.79 Å². The van der Waals surface area contributed by atoms with Gasteiger partial charge in [0.05, 0.1) is 0 Å². The number of nitrogens with one attached hydrogen (secondary N) is 2. The van der Waals surface area contributed by atoms with Crippen LogP contribution in [-0.4, -0.2) is 29.6 Å². The summed E-state index contributed by atoms with van der Waals surface area (Å²) in [6, 6.07) is 1.62. The van der Waals surface area contributed by atoms with E-state index in [1.165, 1.54) is 0 Å². The first kappa shape index (κ1) is 17.5. The second-order valence-electron chi connectivity index (χ2n) is 7.10. The van der Waals surface area contributed by atoms with E-state index in [1.54, 1.807) is 6.07 Å². The van der Waals surface area contributed by atoms with Crippen LogP contribution >= 0.6 is 0 Å². The molecular formula is C17H27N3O3. The molecule has 6 nitrogen and oxygen atoms in total. The van der Waals surface area contributed by atoms with Crippen molar-refractivity contribution in [3.8, 4) is 0 Å². The largest absolute Gasteiger partial charge is 0.360 e. The van der Waals surface area contributed by atoms with Crippen LogP contribution in [0.1, 0.15) is 75.5 Å². The van der Waals surface area contributed by atoms with Crippen LogP contribution < -0.4 is 10.6 Å². The van der Waals surface area contributed by atoms with Gasteiger partial charge in [-0.1, -0.05) is 25.9 Å². The zero-order valence-corrected chi connectivity index (χ0v) is 14.4. The van der Waals surface area contributed by atoms with E-state index in [9.17, 15) is 9.59 Å². The van der Waals surface area contributed by atoms with Gasteiger partial charge in [0, 0.05) is 36.4 Å². The van der Waals surface area contributed by atoms with Gasteiger partial charge < -0.3 is 15.2 Å². The van der Waals surface area contributed by atoms with Gasteiger partial charge in [-0.3, -0.25) is 9.59 Å².